The molecule has 1 N–H and O–H groups in total. The van der Waals surface area contributed by atoms with Crippen LogP contribution in [0.5, 0.6) is 0 Å². The number of carbonyl (C=O) groups is 1. The van der Waals surface area contributed by atoms with Crippen molar-refractivity contribution in [2.45, 2.75) is 33.6 Å². The molecule has 0 unspecified atom stereocenters. The molecule has 8 heteroatoms. The van der Waals surface area contributed by atoms with Crippen LogP contribution in [0.1, 0.15) is 29.0 Å². The van der Waals surface area contributed by atoms with E-state index in [4.69, 9.17) is 4.52 Å². The van der Waals surface area contributed by atoms with Crippen molar-refractivity contribution >= 4 is 39.1 Å². The third-order valence-corrected chi connectivity index (χ3v) is 6.11. The predicted octanol–water partition coefficient (Wildman–Crippen LogP) is 3.46. The van der Waals surface area contributed by atoms with Gasteiger partial charge >= 0.3 is 0 Å². The minimum Gasteiger partial charge on any atom is -0.360 e. The van der Waals surface area contributed by atoms with E-state index < -0.39 is 0 Å². The second-order valence-electron chi connectivity index (χ2n) is 6.73. The summed E-state index contributed by atoms with van der Waals surface area (Å²) < 4.78 is 5.00. The van der Waals surface area contributed by atoms with Gasteiger partial charge in [-0.15, -0.1) is 11.3 Å². The van der Waals surface area contributed by atoms with Crippen molar-refractivity contribution in [1.29, 1.82) is 0 Å². The highest BCUT2D eigenvalue weighted by Crippen LogP contribution is 2.35. The molecule has 3 aromatic rings. The Balaban J connectivity index is 1.46. The van der Waals surface area contributed by atoms with Gasteiger partial charge in [-0.05, 0) is 39.2 Å². The summed E-state index contributed by atoms with van der Waals surface area (Å²) in [7, 11) is 0. The van der Waals surface area contributed by atoms with E-state index in [0.717, 1.165) is 42.0 Å². The van der Waals surface area contributed by atoms with Gasteiger partial charge in [0.05, 0.1) is 5.39 Å². The molecule has 136 valence electrons. The van der Waals surface area contributed by atoms with E-state index >= 15 is 0 Å². The molecule has 0 bridgehead atoms. The van der Waals surface area contributed by atoms with E-state index in [0.29, 0.717) is 11.6 Å². The summed E-state index contributed by atoms with van der Waals surface area (Å²) in [5.74, 6) is 2.14. The average Bonchev–Trinajstić information content (AvgIpc) is 3.18. The fourth-order valence-electron chi connectivity index (χ4n) is 3.41. The number of anilines is 2. The van der Waals surface area contributed by atoms with E-state index in [2.05, 4.69) is 39.2 Å². The second-order valence-corrected chi connectivity index (χ2v) is 7.94. The lowest BCUT2D eigenvalue weighted by molar-refractivity contribution is -0.120. The van der Waals surface area contributed by atoms with Crippen LogP contribution < -0.4 is 10.2 Å². The number of nitrogens with zero attached hydrogens (tertiary/aromatic N) is 4. The smallest absolute Gasteiger partial charge is 0.228 e. The summed E-state index contributed by atoms with van der Waals surface area (Å²) in [6.07, 6.45) is 3.21. The largest absolute Gasteiger partial charge is 0.360 e. The molecule has 0 radical (unpaired) electrons. The van der Waals surface area contributed by atoms with Crippen LogP contribution in [0.2, 0.25) is 0 Å². The van der Waals surface area contributed by atoms with Crippen molar-refractivity contribution < 1.29 is 9.32 Å². The standard InChI is InChI=1S/C18H21N5O2S/c1-10-8-14(22-25-10)21-17(24)13-4-6-23(7-5-13)16-15-11(2)12(3)26-18(15)20-9-19-16/h8-9,13H,4-7H2,1-3H3,(H,21,22,24). The Morgan fingerprint density at radius 3 is 2.73 bits per heavy atom. The first-order chi connectivity index (χ1) is 12.5. The van der Waals surface area contributed by atoms with E-state index in [1.54, 1.807) is 30.7 Å². The summed E-state index contributed by atoms with van der Waals surface area (Å²) in [6, 6.07) is 1.73. The zero-order chi connectivity index (χ0) is 18.3. The lowest BCUT2D eigenvalue weighted by Gasteiger charge is -2.32. The normalized spacial score (nSPS) is 15.6. The van der Waals surface area contributed by atoms with Crippen LogP contribution >= 0.6 is 11.3 Å². The number of aryl methyl sites for hydroxylation is 3. The van der Waals surface area contributed by atoms with Gasteiger partial charge in [0.15, 0.2) is 5.82 Å². The number of hydrogen-bond donors (Lipinski definition) is 1. The third-order valence-electron chi connectivity index (χ3n) is 4.99. The van der Waals surface area contributed by atoms with Gasteiger partial charge in [0.25, 0.3) is 0 Å². The van der Waals surface area contributed by atoms with Crippen LogP contribution in [-0.4, -0.2) is 34.1 Å². The van der Waals surface area contributed by atoms with Crippen molar-refractivity contribution in [1.82, 2.24) is 15.1 Å². The quantitative estimate of drug-likeness (QED) is 0.759. The lowest BCUT2D eigenvalue weighted by atomic mass is 9.95. The van der Waals surface area contributed by atoms with Crippen LogP contribution in [0.4, 0.5) is 11.6 Å². The number of nitrogens with one attached hydrogen (secondary N) is 1. The number of hydrogen-bond acceptors (Lipinski definition) is 7. The van der Waals surface area contributed by atoms with Gasteiger partial charge in [-0.3, -0.25) is 4.79 Å². The minimum absolute atomic E-state index is 0.00772. The van der Waals surface area contributed by atoms with E-state index in [1.165, 1.54) is 10.4 Å². The van der Waals surface area contributed by atoms with E-state index in [-0.39, 0.29) is 11.8 Å². The molecule has 1 amide bonds. The molecule has 1 fully saturated rings. The molecule has 0 spiro atoms. The van der Waals surface area contributed by atoms with Crippen LogP contribution in [0, 0.1) is 26.7 Å². The SMILES string of the molecule is Cc1cc(NC(=O)C2CCN(c3ncnc4sc(C)c(C)c34)CC2)no1. The van der Waals surface area contributed by atoms with Crippen LogP contribution in [0.25, 0.3) is 10.2 Å². The number of aromatic nitrogens is 3. The predicted molar refractivity (Wildman–Crippen MR) is 102 cm³/mol. The van der Waals surface area contributed by atoms with Crippen molar-refractivity contribution in [3.05, 3.63) is 28.6 Å². The van der Waals surface area contributed by atoms with E-state index in [9.17, 15) is 4.79 Å². The Bertz CT molecular complexity index is 956. The van der Waals surface area contributed by atoms with Gasteiger partial charge < -0.3 is 14.7 Å². The summed E-state index contributed by atoms with van der Waals surface area (Å²) in [6.45, 7) is 7.65. The molecule has 1 aliphatic heterocycles. The molecule has 1 aliphatic rings. The monoisotopic (exact) mass is 371 g/mol. The second kappa shape index (κ2) is 6.68. The molecular formula is C18H21N5O2S. The average molecular weight is 371 g/mol. The molecule has 7 nitrogen and oxygen atoms in total. The topological polar surface area (TPSA) is 84.2 Å². The summed E-state index contributed by atoms with van der Waals surface area (Å²) in [4.78, 5) is 26.0. The zero-order valence-corrected chi connectivity index (χ0v) is 15.9. The first kappa shape index (κ1) is 17.0. The van der Waals surface area contributed by atoms with Gasteiger partial charge in [-0.1, -0.05) is 5.16 Å². The number of rotatable bonds is 3. The summed E-state index contributed by atoms with van der Waals surface area (Å²) in [5.41, 5.74) is 1.25. The molecule has 3 aromatic heterocycles. The van der Waals surface area contributed by atoms with Crippen LogP contribution in [0.3, 0.4) is 0 Å². The van der Waals surface area contributed by atoms with Gasteiger partial charge in [0, 0.05) is 30.0 Å². The Labute approximate surface area is 155 Å². The first-order valence-electron chi connectivity index (χ1n) is 8.72. The van der Waals surface area contributed by atoms with E-state index in [1.807, 2.05) is 0 Å². The Kier molecular flexibility index (Phi) is 4.36. The highest BCUT2D eigenvalue weighted by atomic mass is 32.1. The van der Waals surface area contributed by atoms with Crippen molar-refractivity contribution in [2.24, 2.45) is 5.92 Å². The maximum Gasteiger partial charge on any atom is 0.228 e. The number of carbonyl (C=O) groups excluding carboxylic acids is 1. The maximum atomic E-state index is 12.5. The molecule has 0 atom stereocenters. The molecule has 0 saturated carbocycles. The highest BCUT2D eigenvalue weighted by molar-refractivity contribution is 7.18. The third kappa shape index (κ3) is 3.05. The molecule has 26 heavy (non-hydrogen) atoms. The summed E-state index contributed by atoms with van der Waals surface area (Å²) in [5, 5.41) is 7.82. The van der Waals surface area contributed by atoms with Crippen LogP contribution in [0.15, 0.2) is 16.9 Å². The molecule has 1 saturated heterocycles. The Morgan fingerprint density at radius 2 is 2.04 bits per heavy atom. The minimum atomic E-state index is -0.0223. The maximum absolute atomic E-state index is 12.5. The number of piperidine rings is 1. The number of fused-ring (bicyclic) bond motifs is 1. The fraction of sp³-hybridized carbons (Fsp3) is 0.444. The Hall–Kier alpha value is -2.48. The van der Waals surface area contributed by atoms with Gasteiger partial charge in [0.2, 0.25) is 5.91 Å². The molecule has 0 aromatic carbocycles. The van der Waals surface area contributed by atoms with Crippen molar-refractivity contribution in [3.63, 3.8) is 0 Å². The molecular weight excluding hydrogens is 350 g/mol. The molecule has 0 aliphatic carbocycles. The van der Waals surface area contributed by atoms with Gasteiger partial charge in [-0.2, -0.15) is 0 Å². The highest BCUT2D eigenvalue weighted by Gasteiger charge is 2.27. The van der Waals surface area contributed by atoms with Crippen LogP contribution in [-0.2, 0) is 4.79 Å². The molecule has 4 heterocycles. The number of amides is 1. The Morgan fingerprint density at radius 1 is 1.27 bits per heavy atom. The van der Waals surface area contributed by atoms with Gasteiger partial charge in [0.1, 0.15) is 22.7 Å². The van der Waals surface area contributed by atoms with Crippen molar-refractivity contribution in [2.75, 3.05) is 23.3 Å². The molecule has 4 rings (SSSR count). The van der Waals surface area contributed by atoms with Gasteiger partial charge in [-0.25, -0.2) is 9.97 Å². The zero-order valence-electron chi connectivity index (χ0n) is 15.1. The van der Waals surface area contributed by atoms with Crippen molar-refractivity contribution in [3.8, 4) is 0 Å². The summed E-state index contributed by atoms with van der Waals surface area (Å²) >= 11 is 1.71. The fourth-order valence-corrected chi connectivity index (χ4v) is 4.40. The lowest BCUT2D eigenvalue weighted by Crippen LogP contribution is -2.38. The first-order valence-corrected chi connectivity index (χ1v) is 9.54. The number of thiophene rings is 1.